The summed E-state index contributed by atoms with van der Waals surface area (Å²) < 4.78 is 28.8. The molecule has 5 heteroatoms. The second-order valence-corrected chi connectivity index (χ2v) is 4.36. The summed E-state index contributed by atoms with van der Waals surface area (Å²) in [6, 6.07) is 7.60. The van der Waals surface area contributed by atoms with Gasteiger partial charge in [-0.15, -0.1) is 0 Å². The molecule has 0 heterocycles. The van der Waals surface area contributed by atoms with E-state index in [0.29, 0.717) is 18.1 Å². The van der Waals surface area contributed by atoms with Crippen LogP contribution in [0.5, 0.6) is 0 Å². The molecule has 0 spiro atoms. The van der Waals surface area contributed by atoms with E-state index in [0.717, 1.165) is 12.1 Å². The largest absolute Gasteiger partial charge is 0.375 e. The second kappa shape index (κ2) is 8.40. The van der Waals surface area contributed by atoms with Crippen molar-refractivity contribution in [3.8, 4) is 0 Å². The van der Waals surface area contributed by atoms with Crippen LogP contribution in [0.3, 0.4) is 0 Å². The molecule has 1 unspecified atom stereocenters. The molecule has 1 atom stereocenters. The molecule has 1 aromatic rings. The number of hydrogen-bond donors (Lipinski definition) is 1. The monoisotopic (exact) mass is 277 g/mol. The SMILES string of the molecule is CCNC(CCOCC(F)F)c1cccc(Cl)c1. The lowest BCUT2D eigenvalue weighted by atomic mass is 10.0. The summed E-state index contributed by atoms with van der Waals surface area (Å²) in [7, 11) is 0. The number of nitrogens with one attached hydrogen (secondary N) is 1. The summed E-state index contributed by atoms with van der Waals surface area (Å²) in [5, 5.41) is 3.96. The first-order valence-corrected chi connectivity index (χ1v) is 6.36. The quantitative estimate of drug-likeness (QED) is 0.732. The molecule has 0 amide bonds. The standard InChI is InChI=1S/C13H18ClF2NO/c1-2-17-12(6-7-18-9-13(15)16)10-4-3-5-11(14)8-10/h3-5,8,12-13,17H,2,6-7,9H2,1H3. The number of ether oxygens (including phenoxy) is 1. The third-order valence-electron chi connectivity index (χ3n) is 2.50. The van der Waals surface area contributed by atoms with Gasteiger partial charge in [-0.3, -0.25) is 0 Å². The van der Waals surface area contributed by atoms with Crippen LogP contribution in [0.1, 0.15) is 24.9 Å². The van der Waals surface area contributed by atoms with E-state index in [1.807, 2.05) is 25.1 Å². The van der Waals surface area contributed by atoms with Crippen LogP contribution in [0.25, 0.3) is 0 Å². The van der Waals surface area contributed by atoms with Crippen molar-refractivity contribution in [1.29, 1.82) is 0 Å². The Morgan fingerprint density at radius 1 is 1.39 bits per heavy atom. The first-order chi connectivity index (χ1) is 8.63. The van der Waals surface area contributed by atoms with Crippen molar-refractivity contribution >= 4 is 11.6 Å². The molecule has 0 saturated carbocycles. The van der Waals surface area contributed by atoms with Crippen LogP contribution in [0.15, 0.2) is 24.3 Å². The van der Waals surface area contributed by atoms with Gasteiger partial charge in [0, 0.05) is 17.7 Å². The molecule has 1 N–H and O–H groups in total. The fourth-order valence-electron chi connectivity index (χ4n) is 1.73. The number of rotatable bonds is 8. The van der Waals surface area contributed by atoms with Crippen molar-refractivity contribution in [1.82, 2.24) is 5.32 Å². The van der Waals surface area contributed by atoms with Gasteiger partial charge >= 0.3 is 0 Å². The van der Waals surface area contributed by atoms with Gasteiger partial charge in [0.25, 0.3) is 6.43 Å². The Kier molecular flexibility index (Phi) is 7.16. The summed E-state index contributed by atoms with van der Waals surface area (Å²) in [5.74, 6) is 0. The summed E-state index contributed by atoms with van der Waals surface area (Å²) >= 11 is 5.93. The molecule has 0 bridgehead atoms. The van der Waals surface area contributed by atoms with Crippen LogP contribution >= 0.6 is 11.6 Å². The average molecular weight is 278 g/mol. The normalized spacial score (nSPS) is 12.9. The fraction of sp³-hybridized carbons (Fsp3) is 0.538. The minimum absolute atomic E-state index is 0.0753. The summed E-state index contributed by atoms with van der Waals surface area (Å²) in [4.78, 5) is 0. The Bertz CT molecular complexity index is 350. The Balaban J connectivity index is 2.49. The van der Waals surface area contributed by atoms with E-state index in [1.54, 1.807) is 6.07 Å². The Morgan fingerprint density at radius 2 is 2.17 bits per heavy atom. The zero-order valence-corrected chi connectivity index (χ0v) is 11.1. The summed E-state index contributed by atoms with van der Waals surface area (Å²) in [6.45, 7) is 2.59. The summed E-state index contributed by atoms with van der Waals surface area (Å²) in [5.41, 5.74) is 1.05. The van der Waals surface area contributed by atoms with Gasteiger partial charge in [0.15, 0.2) is 0 Å². The van der Waals surface area contributed by atoms with Crippen LogP contribution in [-0.4, -0.2) is 26.2 Å². The van der Waals surface area contributed by atoms with Gasteiger partial charge in [-0.25, -0.2) is 8.78 Å². The maximum Gasteiger partial charge on any atom is 0.261 e. The average Bonchev–Trinajstić information content (AvgIpc) is 2.33. The molecule has 102 valence electrons. The smallest absolute Gasteiger partial charge is 0.261 e. The van der Waals surface area contributed by atoms with Crippen molar-refractivity contribution < 1.29 is 13.5 Å². The second-order valence-electron chi connectivity index (χ2n) is 3.92. The van der Waals surface area contributed by atoms with Crippen LogP contribution < -0.4 is 5.32 Å². The molecule has 18 heavy (non-hydrogen) atoms. The van der Waals surface area contributed by atoms with Crippen molar-refractivity contribution in [3.05, 3.63) is 34.9 Å². The molecule has 1 aromatic carbocycles. The van der Waals surface area contributed by atoms with Gasteiger partial charge in [-0.1, -0.05) is 30.7 Å². The van der Waals surface area contributed by atoms with Gasteiger partial charge in [-0.05, 0) is 30.7 Å². The number of benzene rings is 1. The zero-order valence-electron chi connectivity index (χ0n) is 10.3. The maximum absolute atomic E-state index is 11.9. The lowest BCUT2D eigenvalue weighted by Crippen LogP contribution is -2.22. The van der Waals surface area contributed by atoms with E-state index >= 15 is 0 Å². The van der Waals surface area contributed by atoms with Gasteiger partial charge in [0.05, 0.1) is 0 Å². The lowest BCUT2D eigenvalue weighted by Gasteiger charge is -2.18. The van der Waals surface area contributed by atoms with Crippen molar-refractivity contribution in [3.63, 3.8) is 0 Å². The third-order valence-corrected chi connectivity index (χ3v) is 2.73. The van der Waals surface area contributed by atoms with E-state index in [1.165, 1.54) is 0 Å². The van der Waals surface area contributed by atoms with E-state index in [4.69, 9.17) is 16.3 Å². The van der Waals surface area contributed by atoms with Crippen molar-refractivity contribution in [2.75, 3.05) is 19.8 Å². The predicted octanol–water partition coefficient (Wildman–Crippen LogP) is 3.66. The topological polar surface area (TPSA) is 21.3 Å². The molecule has 0 aliphatic rings. The van der Waals surface area contributed by atoms with E-state index < -0.39 is 13.0 Å². The van der Waals surface area contributed by atoms with Crippen molar-refractivity contribution in [2.24, 2.45) is 0 Å². The van der Waals surface area contributed by atoms with E-state index in [2.05, 4.69) is 5.32 Å². The lowest BCUT2D eigenvalue weighted by molar-refractivity contribution is 0.0144. The molecule has 2 nitrogen and oxygen atoms in total. The first-order valence-electron chi connectivity index (χ1n) is 5.98. The van der Waals surface area contributed by atoms with Gasteiger partial charge in [0.1, 0.15) is 6.61 Å². The minimum Gasteiger partial charge on any atom is -0.375 e. The third kappa shape index (κ3) is 5.76. The Morgan fingerprint density at radius 3 is 2.78 bits per heavy atom. The van der Waals surface area contributed by atoms with Crippen LogP contribution in [0.4, 0.5) is 8.78 Å². The number of halogens is 3. The molecule has 0 radical (unpaired) electrons. The maximum atomic E-state index is 11.9. The molecule has 0 aliphatic heterocycles. The summed E-state index contributed by atoms with van der Waals surface area (Å²) in [6.07, 6.45) is -1.77. The van der Waals surface area contributed by atoms with E-state index in [9.17, 15) is 8.78 Å². The van der Waals surface area contributed by atoms with Crippen molar-refractivity contribution in [2.45, 2.75) is 25.8 Å². The van der Waals surface area contributed by atoms with Gasteiger partial charge in [0.2, 0.25) is 0 Å². The van der Waals surface area contributed by atoms with Crippen LogP contribution in [0, 0.1) is 0 Å². The molecule has 0 fully saturated rings. The molecular weight excluding hydrogens is 260 g/mol. The molecular formula is C13H18ClF2NO. The molecule has 0 aliphatic carbocycles. The fourth-order valence-corrected chi connectivity index (χ4v) is 1.93. The minimum atomic E-state index is -2.41. The highest BCUT2D eigenvalue weighted by Crippen LogP contribution is 2.20. The Hall–Kier alpha value is -0.710. The molecule has 0 saturated heterocycles. The highest BCUT2D eigenvalue weighted by Gasteiger charge is 2.11. The molecule has 1 rings (SSSR count). The highest BCUT2D eigenvalue weighted by atomic mass is 35.5. The van der Waals surface area contributed by atoms with Gasteiger partial charge < -0.3 is 10.1 Å². The zero-order chi connectivity index (χ0) is 13.4. The van der Waals surface area contributed by atoms with Crippen LogP contribution in [-0.2, 0) is 4.74 Å². The Labute approximate surface area is 111 Å². The van der Waals surface area contributed by atoms with E-state index in [-0.39, 0.29) is 6.04 Å². The predicted molar refractivity (Wildman–Crippen MR) is 69.3 cm³/mol. The first kappa shape index (κ1) is 15.3. The number of hydrogen-bond acceptors (Lipinski definition) is 2. The number of alkyl halides is 2. The van der Waals surface area contributed by atoms with Crippen LogP contribution in [0.2, 0.25) is 5.02 Å². The molecule has 0 aromatic heterocycles. The van der Waals surface area contributed by atoms with Gasteiger partial charge in [-0.2, -0.15) is 0 Å². The highest BCUT2D eigenvalue weighted by molar-refractivity contribution is 6.30.